The van der Waals surface area contributed by atoms with Crippen LogP contribution in [0.25, 0.3) is 0 Å². The molecule has 1 aliphatic rings. The van der Waals surface area contributed by atoms with Crippen LogP contribution in [-0.2, 0) is 13.1 Å². The lowest BCUT2D eigenvalue weighted by atomic mass is 10.1. The predicted octanol–water partition coefficient (Wildman–Crippen LogP) is 2.91. The van der Waals surface area contributed by atoms with Crippen molar-refractivity contribution in [3.63, 3.8) is 0 Å². The van der Waals surface area contributed by atoms with Crippen molar-refractivity contribution < 1.29 is 4.79 Å². The zero-order valence-corrected chi connectivity index (χ0v) is 16.1. The average molecular weight is 397 g/mol. The summed E-state index contributed by atoms with van der Waals surface area (Å²) in [7, 11) is 0. The van der Waals surface area contributed by atoms with Gasteiger partial charge in [0.05, 0.1) is 17.5 Å². The lowest BCUT2D eigenvalue weighted by Gasteiger charge is -2.16. The third kappa shape index (κ3) is 4.31. The molecule has 1 aromatic carbocycles. The number of anilines is 1. The number of nitrogens with one attached hydrogen (secondary N) is 1. The largest absolute Gasteiger partial charge is 0.347 e. The molecule has 1 fully saturated rings. The van der Waals surface area contributed by atoms with Crippen molar-refractivity contribution in [1.29, 1.82) is 0 Å². The summed E-state index contributed by atoms with van der Waals surface area (Å²) < 4.78 is 2.00. The molecule has 0 radical (unpaired) electrons. The molecule has 1 aliphatic heterocycles. The summed E-state index contributed by atoms with van der Waals surface area (Å²) in [5.41, 5.74) is 2.37. The molecular weight excluding hydrogens is 376 g/mol. The van der Waals surface area contributed by atoms with Gasteiger partial charge in [-0.25, -0.2) is 15.0 Å². The molecular formula is C20H21ClN6O. The molecule has 3 heterocycles. The number of amides is 1. The van der Waals surface area contributed by atoms with E-state index in [2.05, 4.69) is 37.3 Å². The number of aromatic nitrogens is 4. The number of hydrogen-bond donors (Lipinski definition) is 1. The number of halogens is 1. The monoisotopic (exact) mass is 396 g/mol. The number of carbonyl (C=O) groups excluding carboxylic acids is 1. The Hall–Kier alpha value is -2.93. The molecule has 4 rings (SSSR count). The second kappa shape index (κ2) is 8.39. The van der Waals surface area contributed by atoms with Crippen LogP contribution >= 0.6 is 11.6 Å². The Labute approximate surface area is 168 Å². The summed E-state index contributed by atoms with van der Waals surface area (Å²) >= 11 is 6.17. The molecule has 2 aromatic heterocycles. The lowest BCUT2D eigenvalue weighted by Crippen LogP contribution is -2.26. The van der Waals surface area contributed by atoms with Gasteiger partial charge in [-0.1, -0.05) is 35.9 Å². The highest BCUT2D eigenvalue weighted by Crippen LogP contribution is 2.20. The van der Waals surface area contributed by atoms with Crippen molar-refractivity contribution >= 4 is 23.5 Å². The van der Waals surface area contributed by atoms with Crippen molar-refractivity contribution in [2.24, 2.45) is 0 Å². The first-order valence-corrected chi connectivity index (χ1v) is 9.66. The number of nitrogens with zero attached hydrogens (tertiary/aromatic N) is 5. The van der Waals surface area contributed by atoms with E-state index in [1.54, 1.807) is 12.5 Å². The van der Waals surface area contributed by atoms with E-state index in [4.69, 9.17) is 11.6 Å². The van der Waals surface area contributed by atoms with Crippen LogP contribution in [0.5, 0.6) is 0 Å². The third-order valence-corrected chi connectivity index (χ3v) is 4.98. The maximum Gasteiger partial charge on any atom is 0.271 e. The molecule has 3 aromatic rings. The highest BCUT2D eigenvalue weighted by molar-refractivity contribution is 6.33. The fourth-order valence-electron chi connectivity index (χ4n) is 3.28. The highest BCUT2D eigenvalue weighted by Gasteiger charge is 2.19. The van der Waals surface area contributed by atoms with Gasteiger partial charge in [-0.15, -0.1) is 0 Å². The van der Waals surface area contributed by atoms with Gasteiger partial charge in [0, 0.05) is 38.6 Å². The van der Waals surface area contributed by atoms with Gasteiger partial charge in [0.1, 0.15) is 0 Å². The number of hydrogen-bond acceptors (Lipinski definition) is 5. The van der Waals surface area contributed by atoms with Crippen LogP contribution in [0.4, 0.5) is 5.95 Å². The van der Waals surface area contributed by atoms with E-state index in [1.807, 2.05) is 22.9 Å². The van der Waals surface area contributed by atoms with Crippen LogP contribution in [-0.4, -0.2) is 38.5 Å². The van der Waals surface area contributed by atoms with E-state index in [-0.39, 0.29) is 16.6 Å². The molecule has 8 heteroatoms. The fraction of sp³-hybridized carbons (Fsp3) is 0.300. The standard InChI is InChI=1S/C20H21ClN6O/c21-17-12-24-20(27-7-1-2-8-27)25-18(17)19(28)23-11-15-4-3-5-16(10-15)13-26-9-6-22-14-26/h3-6,9-10,12,14H,1-2,7-8,11,13H2,(H,23,28). The molecule has 1 N–H and O–H groups in total. The van der Waals surface area contributed by atoms with E-state index < -0.39 is 0 Å². The summed E-state index contributed by atoms with van der Waals surface area (Å²) in [5, 5.41) is 3.17. The molecule has 28 heavy (non-hydrogen) atoms. The van der Waals surface area contributed by atoms with E-state index in [0.29, 0.717) is 12.5 Å². The molecule has 0 saturated carbocycles. The molecule has 0 bridgehead atoms. The van der Waals surface area contributed by atoms with Crippen LogP contribution in [0, 0.1) is 0 Å². The van der Waals surface area contributed by atoms with Gasteiger partial charge in [-0.2, -0.15) is 0 Å². The molecule has 144 valence electrons. The molecule has 0 spiro atoms. The van der Waals surface area contributed by atoms with Crippen molar-refractivity contribution in [1.82, 2.24) is 24.8 Å². The van der Waals surface area contributed by atoms with Crippen LogP contribution in [0.1, 0.15) is 34.5 Å². The Morgan fingerprint density at radius 2 is 2.04 bits per heavy atom. The van der Waals surface area contributed by atoms with Crippen LogP contribution in [0.2, 0.25) is 5.02 Å². The third-order valence-electron chi connectivity index (χ3n) is 4.70. The van der Waals surface area contributed by atoms with E-state index >= 15 is 0 Å². The Morgan fingerprint density at radius 3 is 2.82 bits per heavy atom. The maximum absolute atomic E-state index is 12.6. The first-order chi connectivity index (χ1) is 13.7. The minimum Gasteiger partial charge on any atom is -0.347 e. The van der Waals surface area contributed by atoms with Gasteiger partial charge < -0.3 is 14.8 Å². The maximum atomic E-state index is 12.6. The van der Waals surface area contributed by atoms with E-state index in [9.17, 15) is 4.79 Å². The lowest BCUT2D eigenvalue weighted by molar-refractivity contribution is 0.0946. The normalized spacial score (nSPS) is 13.7. The Balaban J connectivity index is 1.42. The van der Waals surface area contributed by atoms with Gasteiger partial charge in [0.15, 0.2) is 5.69 Å². The molecule has 0 unspecified atom stereocenters. The summed E-state index contributed by atoms with van der Waals surface area (Å²) in [5.74, 6) is 0.266. The SMILES string of the molecule is O=C(NCc1cccc(Cn2ccnc2)c1)c1nc(N2CCCC2)ncc1Cl. The molecule has 7 nitrogen and oxygen atoms in total. The Kier molecular flexibility index (Phi) is 5.53. The van der Waals surface area contributed by atoms with Gasteiger partial charge in [0.2, 0.25) is 5.95 Å². The van der Waals surface area contributed by atoms with Gasteiger partial charge in [-0.05, 0) is 24.0 Å². The summed E-state index contributed by atoms with van der Waals surface area (Å²) in [6.07, 6.45) is 9.19. The zero-order valence-electron chi connectivity index (χ0n) is 15.4. The van der Waals surface area contributed by atoms with E-state index in [0.717, 1.165) is 43.6 Å². The topological polar surface area (TPSA) is 75.9 Å². The van der Waals surface area contributed by atoms with Crippen LogP contribution < -0.4 is 10.2 Å². The summed E-state index contributed by atoms with van der Waals surface area (Å²) in [6.45, 7) is 2.95. The van der Waals surface area contributed by atoms with Crippen molar-refractivity contribution in [2.75, 3.05) is 18.0 Å². The summed E-state index contributed by atoms with van der Waals surface area (Å²) in [4.78, 5) is 27.4. The molecule has 0 atom stereocenters. The fourth-order valence-corrected chi connectivity index (χ4v) is 3.46. The minimum absolute atomic E-state index is 0.216. The van der Waals surface area contributed by atoms with Crippen molar-refractivity contribution in [3.8, 4) is 0 Å². The number of benzene rings is 1. The first-order valence-electron chi connectivity index (χ1n) is 9.28. The zero-order chi connectivity index (χ0) is 19.3. The molecule has 1 amide bonds. The number of rotatable bonds is 6. The minimum atomic E-state index is -0.298. The Morgan fingerprint density at radius 1 is 1.21 bits per heavy atom. The number of carbonyl (C=O) groups is 1. The van der Waals surface area contributed by atoms with Gasteiger partial charge >= 0.3 is 0 Å². The van der Waals surface area contributed by atoms with Crippen molar-refractivity contribution in [2.45, 2.75) is 25.9 Å². The van der Waals surface area contributed by atoms with Crippen LogP contribution in [0.15, 0.2) is 49.2 Å². The van der Waals surface area contributed by atoms with E-state index in [1.165, 1.54) is 6.20 Å². The smallest absolute Gasteiger partial charge is 0.271 e. The number of imidazole rings is 1. The van der Waals surface area contributed by atoms with Crippen LogP contribution in [0.3, 0.4) is 0 Å². The molecule has 0 aliphatic carbocycles. The van der Waals surface area contributed by atoms with Crippen molar-refractivity contribution in [3.05, 3.63) is 71.0 Å². The predicted molar refractivity (Wildman–Crippen MR) is 107 cm³/mol. The first kappa shape index (κ1) is 18.4. The average Bonchev–Trinajstić information content (AvgIpc) is 3.41. The highest BCUT2D eigenvalue weighted by atomic mass is 35.5. The quantitative estimate of drug-likeness (QED) is 0.693. The van der Waals surface area contributed by atoms with Gasteiger partial charge in [0.25, 0.3) is 5.91 Å². The Bertz CT molecular complexity index is 953. The second-order valence-electron chi connectivity index (χ2n) is 6.80. The second-order valence-corrected chi connectivity index (χ2v) is 7.21. The summed E-state index contributed by atoms with van der Waals surface area (Å²) in [6, 6.07) is 8.08. The van der Waals surface area contributed by atoms with Gasteiger partial charge in [-0.3, -0.25) is 4.79 Å². The molecule has 1 saturated heterocycles.